The Morgan fingerprint density at radius 1 is 1.18 bits per heavy atom. The second kappa shape index (κ2) is 8.56. The molecule has 3 N–H and O–H groups in total. The lowest BCUT2D eigenvalue weighted by Gasteiger charge is -2.20. The number of nitrogens with zero attached hydrogens (tertiary/aromatic N) is 3. The standard InChI is InChI=1S/C15H20N6O6S/c1-21(2)13(22)9-6-5-7-16-12(9)28(24,25)20-15(23)19-14-17-10(26-3)8-11(18-14)27-4/h5-6,8,16H,7H2,1-4H3,(H2,17,18,19,20,23). The number of aromatic nitrogens is 2. The Kier molecular flexibility index (Phi) is 6.41. The van der Waals surface area contributed by atoms with E-state index in [0.717, 1.165) is 0 Å². The van der Waals surface area contributed by atoms with Gasteiger partial charge in [-0.05, 0) is 6.08 Å². The minimum atomic E-state index is -4.37. The quantitative estimate of drug-likeness (QED) is 0.556. The second-order valence-electron chi connectivity index (χ2n) is 5.56. The Balaban J connectivity index is 2.25. The predicted octanol–water partition coefficient (Wildman–Crippen LogP) is -0.596. The molecule has 2 rings (SSSR count). The fraction of sp³-hybridized carbons (Fsp3) is 0.333. The van der Waals surface area contributed by atoms with Crippen molar-refractivity contribution in [3.05, 3.63) is 28.8 Å². The number of hydrogen-bond acceptors (Lipinski definition) is 9. The highest BCUT2D eigenvalue weighted by Gasteiger charge is 2.29. The van der Waals surface area contributed by atoms with Crippen LogP contribution < -0.4 is 24.8 Å². The molecule has 0 atom stereocenters. The number of hydrogen-bond donors (Lipinski definition) is 3. The van der Waals surface area contributed by atoms with Crippen molar-refractivity contribution in [2.45, 2.75) is 0 Å². The number of sulfonamides is 1. The molecule has 1 aromatic rings. The summed E-state index contributed by atoms with van der Waals surface area (Å²) in [5.41, 5.74) is -0.101. The van der Waals surface area contributed by atoms with Crippen LogP contribution >= 0.6 is 0 Å². The van der Waals surface area contributed by atoms with Crippen LogP contribution in [0.1, 0.15) is 0 Å². The van der Waals surface area contributed by atoms with E-state index in [9.17, 15) is 18.0 Å². The monoisotopic (exact) mass is 412 g/mol. The molecule has 0 aliphatic carbocycles. The summed E-state index contributed by atoms with van der Waals surface area (Å²) in [6, 6.07) is 0.248. The average Bonchev–Trinajstić information content (AvgIpc) is 2.66. The summed E-state index contributed by atoms with van der Waals surface area (Å²) in [5, 5.41) is 4.36. The zero-order valence-corrected chi connectivity index (χ0v) is 16.5. The first kappa shape index (κ1) is 21.0. The molecule has 0 spiro atoms. The van der Waals surface area contributed by atoms with Crippen LogP contribution in [0.25, 0.3) is 0 Å². The van der Waals surface area contributed by atoms with Gasteiger partial charge < -0.3 is 19.7 Å². The maximum atomic E-state index is 12.6. The van der Waals surface area contributed by atoms with Gasteiger partial charge in [-0.25, -0.2) is 9.52 Å². The number of likely N-dealkylation sites (N-methyl/N-ethyl adjacent to an activating group) is 1. The molecule has 0 unspecified atom stereocenters. The molecule has 1 aliphatic rings. The van der Waals surface area contributed by atoms with Gasteiger partial charge in [-0.3, -0.25) is 10.1 Å². The molecule has 1 aliphatic heterocycles. The van der Waals surface area contributed by atoms with Gasteiger partial charge in [-0.2, -0.15) is 18.4 Å². The van der Waals surface area contributed by atoms with E-state index in [4.69, 9.17) is 9.47 Å². The van der Waals surface area contributed by atoms with Crippen molar-refractivity contribution in [2.75, 3.05) is 40.2 Å². The van der Waals surface area contributed by atoms with E-state index in [1.165, 1.54) is 45.4 Å². The van der Waals surface area contributed by atoms with Crippen LogP contribution in [0.15, 0.2) is 28.8 Å². The number of anilines is 1. The second-order valence-corrected chi connectivity index (χ2v) is 7.18. The van der Waals surface area contributed by atoms with Crippen molar-refractivity contribution < 1.29 is 27.5 Å². The molecule has 0 aromatic carbocycles. The number of methoxy groups -OCH3 is 2. The maximum Gasteiger partial charge on any atom is 0.335 e. The van der Waals surface area contributed by atoms with Crippen molar-refractivity contribution in [1.29, 1.82) is 0 Å². The van der Waals surface area contributed by atoms with Crippen molar-refractivity contribution in [2.24, 2.45) is 0 Å². The van der Waals surface area contributed by atoms with Gasteiger partial charge in [0.05, 0.1) is 25.9 Å². The Bertz CT molecular complexity index is 918. The lowest BCUT2D eigenvalue weighted by atomic mass is 10.2. The van der Waals surface area contributed by atoms with Crippen molar-refractivity contribution in [3.8, 4) is 11.8 Å². The molecule has 0 bridgehead atoms. The van der Waals surface area contributed by atoms with Crippen LogP contribution in [-0.2, 0) is 14.8 Å². The van der Waals surface area contributed by atoms with Crippen LogP contribution in [0.3, 0.4) is 0 Å². The van der Waals surface area contributed by atoms with Crippen LogP contribution in [0.5, 0.6) is 11.8 Å². The van der Waals surface area contributed by atoms with Crippen molar-refractivity contribution in [3.63, 3.8) is 0 Å². The number of ether oxygens (including phenoxy) is 2. The number of amides is 3. The molecule has 0 radical (unpaired) electrons. The normalized spacial score (nSPS) is 13.4. The minimum absolute atomic E-state index is 0.101. The predicted molar refractivity (Wildman–Crippen MR) is 99.1 cm³/mol. The average molecular weight is 412 g/mol. The first-order valence-corrected chi connectivity index (χ1v) is 9.33. The molecule has 0 saturated carbocycles. The third-order valence-electron chi connectivity index (χ3n) is 3.36. The SMILES string of the molecule is COc1cc(OC)nc(NC(=O)NS(=O)(=O)C2=C(C(=O)N(C)C)C=CCN2)n1. The van der Waals surface area contributed by atoms with Crippen LogP contribution in [0.2, 0.25) is 0 Å². The van der Waals surface area contributed by atoms with Gasteiger partial charge in [-0.15, -0.1) is 0 Å². The Labute approximate surface area is 161 Å². The summed E-state index contributed by atoms with van der Waals surface area (Å²) in [5.74, 6) is -0.569. The molecule has 12 nitrogen and oxygen atoms in total. The third kappa shape index (κ3) is 4.88. The van der Waals surface area contributed by atoms with Gasteiger partial charge in [0.1, 0.15) is 0 Å². The molecule has 0 saturated heterocycles. The number of dihydropyridines is 1. The highest BCUT2D eigenvalue weighted by Crippen LogP contribution is 2.18. The van der Waals surface area contributed by atoms with Crippen molar-refractivity contribution in [1.82, 2.24) is 24.9 Å². The highest BCUT2D eigenvalue weighted by molar-refractivity contribution is 7.93. The van der Waals surface area contributed by atoms with Crippen LogP contribution in [0, 0.1) is 0 Å². The first-order chi connectivity index (χ1) is 13.2. The van der Waals surface area contributed by atoms with E-state index in [2.05, 4.69) is 20.6 Å². The number of carbonyl (C=O) groups is 2. The third-order valence-corrected chi connectivity index (χ3v) is 4.72. The van der Waals surface area contributed by atoms with Crippen LogP contribution in [-0.4, -0.2) is 70.1 Å². The molecule has 3 amide bonds. The molecule has 28 heavy (non-hydrogen) atoms. The van der Waals surface area contributed by atoms with Crippen LogP contribution in [0.4, 0.5) is 10.7 Å². The fourth-order valence-electron chi connectivity index (χ4n) is 2.12. The lowest BCUT2D eigenvalue weighted by molar-refractivity contribution is -0.124. The van der Waals surface area contributed by atoms with Gasteiger partial charge in [0, 0.05) is 20.6 Å². The first-order valence-electron chi connectivity index (χ1n) is 7.85. The summed E-state index contributed by atoms with van der Waals surface area (Å²) < 4.78 is 36.9. The van der Waals surface area contributed by atoms with Crippen molar-refractivity contribution >= 4 is 27.9 Å². The molecule has 0 fully saturated rings. The van der Waals surface area contributed by atoms with Gasteiger partial charge >= 0.3 is 6.03 Å². The minimum Gasteiger partial charge on any atom is -0.481 e. The molecule has 13 heteroatoms. The van der Waals surface area contributed by atoms with Gasteiger partial charge in [0.25, 0.3) is 15.9 Å². The number of rotatable bonds is 6. The number of nitrogens with one attached hydrogen (secondary N) is 3. The lowest BCUT2D eigenvalue weighted by Crippen LogP contribution is -2.41. The van der Waals surface area contributed by atoms with Gasteiger partial charge in [0.15, 0.2) is 5.03 Å². The Morgan fingerprint density at radius 2 is 1.79 bits per heavy atom. The number of urea groups is 1. The summed E-state index contributed by atoms with van der Waals surface area (Å²) in [6.07, 6.45) is 2.97. The van der Waals surface area contributed by atoms with E-state index in [1.54, 1.807) is 6.08 Å². The topological polar surface area (TPSA) is 152 Å². The van der Waals surface area contributed by atoms with Gasteiger partial charge in [-0.1, -0.05) is 6.08 Å². The molecule has 2 heterocycles. The van der Waals surface area contributed by atoms with E-state index in [-0.39, 0.29) is 29.8 Å². The fourth-order valence-corrected chi connectivity index (χ4v) is 3.23. The van der Waals surface area contributed by atoms with E-state index in [1.807, 2.05) is 4.72 Å². The Hall–Kier alpha value is -3.35. The van der Waals surface area contributed by atoms with E-state index in [0.29, 0.717) is 0 Å². The van der Waals surface area contributed by atoms with E-state index >= 15 is 0 Å². The van der Waals surface area contributed by atoms with Gasteiger partial charge in [0.2, 0.25) is 17.7 Å². The molecule has 1 aromatic heterocycles. The zero-order chi connectivity index (χ0) is 20.9. The molecular weight excluding hydrogens is 392 g/mol. The highest BCUT2D eigenvalue weighted by atomic mass is 32.2. The zero-order valence-electron chi connectivity index (χ0n) is 15.6. The summed E-state index contributed by atoms with van der Waals surface area (Å²) in [6.45, 7) is 0.179. The largest absolute Gasteiger partial charge is 0.481 e. The maximum absolute atomic E-state index is 12.6. The smallest absolute Gasteiger partial charge is 0.335 e. The summed E-state index contributed by atoms with van der Waals surface area (Å²) >= 11 is 0. The van der Waals surface area contributed by atoms with E-state index < -0.39 is 27.0 Å². The Morgan fingerprint density at radius 3 is 2.32 bits per heavy atom. The molecule has 152 valence electrons. The summed E-state index contributed by atoms with van der Waals surface area (Å²) in [4.78, 5) is 33.3. The molecular formula is C15H20N6O6S. The summed E-state index contributed by atoms with van der Waals surface area (Å²) in [7, 11) is 1.30. The number of carbonyl (C=O) groups excluding carboxylic acids is 2.